The van der Waals surface area contributed by atoms with Crippen molar-refractivity contribution < 1.29 is 4.79 Å². The molecule has 0 radical (unpaired) electrons. The predicted molar refractivity (Wildman–Crippen MR) is 107 cm³/mol. The second-order valence-corrected chi connectivity index (χ2v) is 7.54. The number of aryl methyl sites for hydroxylation is 1. The molecule has 0 amide bonds. The number of hydrogen-bond acceptors (Lipinski definition) is 2. The Labute approximate surface area is 155 Å². The molecule has 26 heavy (non-hydrogen) atoms. The lowest BCUT2D eigenvalue weighted by atomic mass is 10.0. The molecule has 1 aliphatic rings. The molecule has 2 heterocycles. The highest BCUT2D eigenvalue weighted by atomic mass is 16.1. The van der Waals surface area contributed by atoms with E-state index in [1.165, 1.54) is 31.4 Å². The average molecular weight is 346 g/mol. The first-order chi connectivity index (χ1) is 12.6. The molecule has 1 unspecified atom stereocenters. The van der Waals surface area contributed by atoms with E-state index in [1.54, 1.807) is 0 Å². The van der Waals surface area contributed by atoms with Crippen LogP contribution in [0, 0.1) is 6.92 Å². The van der Waals surface area contributed by atoms with Gasteiger partial charge >= 0.3 is 0 Å². The Hall–Kier alpha value is -2.39. The second-order valence-electron chi connectivity index (χ2n) is 7.54. The van der Waals surface area contributed by atoms with Crippen molar-refractivity contribution in [3.63, 3.8) is 0 Å². The normalized spacial score (nSPS) is 18.3. The van der Waals surface area contributed by atoms with Gasteiger partial charge in [0.1, 0.15) is 0 Å². The van der Waals surface area contributed by atoms with Gasteiger partial charge in [0.05, 0.1) is 0 Å². The maximum Gasteiger partial charge on any atom is 0.195 e. The fourth-order valence-electron chi connectivity index (χ4n) is 4.04. The van der Waals surface area contributed by atoms with E-state index in [2.05, 4.69) is 40.9 Å². The van der Waals surface area contributed by atoms with Crippen molar-refractivity contribution in [2.24, 2.45) is 0 Å². The minimum atomic E-state index is 0.108. The zero-order valence-corrected chi connectivity index (χ0v) is 15.6. The zero-order chi connectivity index (χ0) is 18.1. The average Bonchev–Trinajstić information content (AvgIpc) is 3.02. The fourth-order valence-corrected chi connectivity index (χ4v) is 4.04. The van der Waals surface area contributed by atoms with E-state index in [4.69, 9.17) is 0 Å². The largest absolute Gasteiger partial charge is 0.345 e. The van der Waals surface area contributed by atoms with Crippen LogP contribution in [-0.4, -0.2) is 34.9 Å². The third-order valence-corrected chi connectivity index (χ3v) is 5.68. The van der Waals surface area contributed by atoms with E-state index < -0.39 is 0 Å². The summed E-state index contributed by atoms with van der Waals surface area (Å²) in [5.41, 5.74) is 3.89. The Morgan fingerprint density at radius 1 is 1.08 bits per heavy atom. The van der Waals surface area contributed by atoms with Gasteiger partial charge in [-0.25, -0.2) is 0 Å². The number of carbonyl (C=O) groups is 1. The molecular formula is C23H26N2O. The number of likely N-dealkylation sites (tertiary alicyclic amines) is 1. The zero-order valence-electron chi connectivity index (χ0n) is 15.6. The van der Waals surface area contributed by atoms with E-state index in [1.807, 2.05) is 37.3 Å². The van der Waals surface area contributed by atoms with Crippen LogP contribution in [0.1, 0.15) is 40.7 Å². The van der Waals surface area contributed by atoms with Crippen LogP contribution in [0.3, 0.4) is 0 Å². The number of nitrogens with zero attached hydrogens (tertiary/aromatic N) is 2. The third-order valence-electron chi connectivity index (χ3n) is 5.68. The Kier molecular flexibility index (Phi) is 4.64. The number of para-hydroxylation sites is 1. The summed E-state index contributed by atoms with van der Waals surface area (Å²) < 4.78 is 2.28. The first-order valence-electron chi connectivity index (χ1n) is 9.53. The highest BCUT2D eigenvalue weighted by Gasteiger charge is 2.22. The molecule has 0 spiro atoms. The summed E-state index contributed by atoms with van der Waals surface area (Å²) in [5, 5.41) is 1.05. The maximum absolute atomic E-state index is 13.1. The van der Waals surface area contributed by atoms with Crippen LogP contribution >= 0.6 is 0 Å². The summed E-state index contributed by atoms with van der Waals surface area (Å²) >= 11 is 0. The lowest BCUT2D eigenvalue weighted by Gasteiger charge is -2.32. The predicted octanol–water partition coefficient (Wildman–Crippen LogP) is 4.67. The Morgan fingerprint density at radius 3 is 2.62 bits per heavy atom. The van der Waals surface area contributed by atoms with E-state index in [0.717, 1.165) is 28.6 Å². The first kappa shape index (κ1) is 17.0. The molecule has 1 atom stereocenters. The Balaban J connectivity index is 1.71. The lowest BCUT2D eigenvalue weighted by molar-refractivity contribution is 0.104. The number of carbonyl (C=O) groups excluding carboxylic acids is 1. The summed E-state index contributed by atoms with van der Waals surface area (Å²) in [5.74, 6) is 0.108. The molecule has 0 aliphatic carbocycles. The molecule has 1 saturated heterocycles. The summed E-state index contributed by atoms with van der Waals surface area (Å²) in [4.78, 5) is 15.6. The van der Waals surface area contributed by atoms with Gasteiger partial charge in [-0.15, -0.1) is 0 Å². The van der Waals surface area contributed by atoms with E-state index in [9.17, 15) is 4.79 Å². The summed E-state index contributed by atoms with van der Waals surface area (Å²) in [6.07, 6.45) is 5.87. The molecule has 0 saturated carbocycles. The van der Waals surface area contributed by atoms with E-state index >= 15 is 0 Å². The van der Waals surface area contributed by atoms with Crippen LogP contribution in [0.5, 0.6) is 0 Å². The number of ketones is 1. The Bertz CT molecular complexity index is 923. The quantitative estimate of drug-likeness (QED) is 0.642. The van der Waals surface area contributed by atoms with Crippen LogP contribution in [0.25, 0.3) is 10.9 Å². The molecule has 0 bridgehead atoms. The molecule has 2 aromatic carbocycles. The van der Waals surface area contributed by atoms with Crippen molar-refractivity contribution in [2.45, 2.75) is 38.8 Å². The minimum Gasteiger partial charge on any atom is -0.345 e. The SMILES string of the molecule is Cc1ccc(C(=O)c2cn(CC3CCCCN3C)c3ccccc23)cc1. The molecule has 3 nitrogen and oxygen atoms in total. The first-order valence-corrected chi connectivity index (χ1v) is 9.53. The number of likely N-dealkylation sites (N-methyl/N-ethyl adjacent to an activating group) is 1. The van der Waals surface area contributed by atoms with Gasteiger partial charge in [0.15, 0.2) is 5.78 Å². The van der Waals surface area contributed by atoms with Gasteiger partial charge in [0, 0.05) is 40.8 Å². The van der Waals surface area contributed by atoms with Gasteiger partial charge in [-0.2, -0.15) is 0 Å². The van der Waals surface area contributed by atoms with Gasteiger partial charge in [0.25, 0.3) is 0 Å². The monoisotopic (exact) mass is 346 g/mol. The van der Waals surface area contributed by atoms with Crippen molar-refractivity contribution in [3.05, 3.63) is 71.4 Å². The van der Waals surface area contributed by atoms with Gasteiger partial charge in [-0.1, -0.05) is 54.4 Å². The van der Waals surface area contributed by atoms with Crippen molar-refractivity contribution in [2.75, 3.05) is 13.6 Å². The van der Waals surface area contributed by atoms with Crippen molar-refractivity contribution in [1.82, 2.24) is 9.47 Å². The van der Waals surface area contributed by atoms with E-state index in [0.29, 0.717) is 6.04 Å². The highest BCUT2D eigenvalue weighted by Crippen LogP contribution is 2.26. The van der Waals surface area contributed by atoms with Gasteiger partial charge in [-0.05, 0) is 39.4 Å². The van der Waals surface area contributed by atoms with Crippen LogP contribution < -0.4 is 0 Å². The minimum absolute atomic E-state index is 0.108. The smallest absolute Gasteiger partial charge is 0.195 e. The number of hydrogen-bond donors (Lipinski definition) is 0. The highest BCUT2D eigenvalue weighted by molar-refractivity contribution is 6.16. The van der Waals surface area contributed by atoms with Crippen molar-refractivity contribution in [1.29, 1.82) is 0 Å². The molecule has 1 fully saturated rings. The standard InChI is InChI=1S/C23H26N2O/c1-17-10-12-18(13-11-17)23(26)21-16-25(22-9-4-3-8-20(21)22)15-19-7-5-6-14-24(19)2/h3-4,8-13,16,19H,5-7,14-15H2,1-2H3. The number of rotatable bonds is 4. The molecule has 4 rings (SSSR count). The summed E-state index contributed by atoms with van der Waals surface area (Å²) in [7, 11) is 2.22. The van der Waals surface area contributed by atoms with E-state index in [-0.39, 0.29) is 5.78 Å². The van der Waals surface area contributed by atoms with Crippen molar-refractivity contribution in [3.8, 4) is 0 Å². The second kappa shape index (κ2) is 7.08. The summed E-state index contributed by atoms with van der Waals surface area (Å²) in [6, 6.07) is 16.7. The topological polar surface area (TPSA) is 25.2 Å². The van der Waals surface area contributed by atoms with Crippen LogP contribution in [-0.2, 0) is 6.54 Å². The van der Waals surface area contributed by atoms with Crippen LogP contribution in [0.4, 0.5) is 0 Å². The molecule has 134 valence electrons. The number of fused-ring (bicyclic) bond motifs is 1. The molecular weight excluding hydrogens is 320 g/mol. The van der Waals surface area contributed by atoms with Crippen LogP contribution in [0.15, 0.2) is 54.7 Å². The molecule has 1 aromatic heterocycles. The fraction of sp³-hybridized carbons (Fsp3) is 0.348. The summed E-state index contributed by atoms with van der Waals surface area (Å²) in [6.45, 7) is 4.15. The molecule has 3 aromatic rings. The Morgan fingerprint density at radius 2 is 1.85 bits per heavy atom. The van der Waals surface area contributed by atoms with Crippen molar-refractivity contribution >= 4 is 16.7 Å². The maximum atomic E-state index is 13.1. The molecule has 0 N–H and O–H groups in total. The number of piperidine rings is 1. The lowest BCUT2D eigenvalue weighted by Crippen LogP contribution is -2.39. The van der Waals surface area contributed by atoms with Gasteiger partial charge in [0.2, 0.25) is 0 Å². The molecule has 3 heteroatoms. The van der Waals surface area contributed by atoms with Gasteiger partial charge in [-0.3, -0.25) is 4.79 Å². The molecule has 1 aliphatic heterocycles. The third kappa shape index (κ3) is 3.19. The number of aromatic nitrogens is 1. The number of benzene rings is 2. The van der Waals surface area contributed by atoms with Gasteiger partial charge < -0.3 is 9.47 Å². The van der Waals surface area contributed by atoms with Crippen LogP contribution in [0.2, 0.25) is 0 Å².